The smallest absolute Gasteiger partial charge is 0.118 e. The number of ether oxygens (including phenoxy) is 1. The fraction of sp³-hybridized carbons (Fsp3) is 0.455. The first kappa shape index (κ1) is 12.0. The summed E-state index contributed by atoms with van der Waals surface area (Å²) >= 11 is 0. The highest BCUT2D eigenvalue weighted by molar-refractivity contribution is 5.27. The lowest BCUT2D eigenvalue weighted by Crippen LogP contribution is -2.42. The molecule has 0 saturated carbocycles. The average Bonchev–Trinajstić information content (AvgIpc) is 2.29. The van der Waals surface area contributed by atoms with Gasteiger partial charge in [-0.15, -0.1) is 0 Å². The minimum atomic E-state index is -0.594. The standard InChI is InChI=1S/C11H18N2O2/c1-15-9-4-2-8(3-5-9)6-11(14)10(13)7-12/h2-5,10-11,14H,6-7,12-13H2,1H3/t10-,11+/m0/s1. The predicted octanol–water partition coefficient (Wildman–Crippen LogP) is -0.115. The van der Waals surface area contributed by atoms with Gasteiger partial charge in [-0.05, 0) is 24.1 Å². The Labute approximate surface area is 89.8 Å². The maximum atomic E-state index is 9.66. The Morgan fingerprint density at radius 2 is 1.93 bits per heavy atom. The summed E-state index contributed by atoms with van der Waals surface area (Å²) < 4.78 is 5.04. The molecule has 4 heteroatoms. The molecule has 2 atom stereocenters. The van der Waals surface area contributed by atoms with Crippen LogP contribution in [0.15, 0.2) is 24.3 Å². The SMILES string of the molecule is COc1ccc(C[C@@H](O)[C@@H](N)CN)cc1. The van der Waals surface area contributed by atoms with Gasteiger partial charge < -0.3 is 21.3 Å². The summed E-state index contributed by atoms with van der Waals surface area (Å²) in [5, 5.41) is 9.66. The van der Waals surface area contributed by atoms with Crippen molar-refractivity contribution in [2.45, 2.75) is 18.6 Å². The molecule has 15 heavy (non-hydrogen) atoms. The van der Waals surface area contributed by atoms with Gasteiger partial charge in [-0.25, -0.2) is 0 Å². The van der Waals surface area contributed by atoms with Crippen molar-refractivity contribution in [1.29, 1.82) is 0 Å². The van der Waals surface area contributed by atoms with Gasteiger partial charge in [-0.3, -0.25) is 0 Å². The summed E-state index contributed by atoms with van der Waals surface area (Å²) in [6.07, 6.45) is -0.0778. The summed E-state index contributed by atoms with van der Waals surface area (Å²) in [5.74, 6) is 0.802. The van der Waals surface area contributed by atoms with Crippen LogP contribution >= 0.6 is 0 Å². The second-order valence-electron chi connectivity index (χ2n) is 3.52. The number of hydrogen-bond donors (Lipinski definition) is 3. The molecular formula is C11H18N2O2. The molecule has 0 aliphatic carbocycles. The second-order valence-corrected chi connectivity index (χ2v) is 3.52. The molecule has 5 N–H and O–H groups in total. The van der Waals surface area contributed by atoms with Gasteiger partial charge >= 0.3 is 0 Å². The normalized spacial score (nSPS) is 14.7. The summed E-state index contributed by atoms with van der Waals surface area (Å²) in [6, 6.07) is 7.16. The number of rotatable bonds is 5. The van der Waals surface area contributed by atoms with Gasteiger partial charge in [0, 0.05) is 12.6 Å². The van der Waals surface area contributed by atoms with Crippen molar-refractivity contribution in [1.82, 2.24) is 0 Å². The van der Waals surface area contributed by atoms with Crippen molar-refractivity contribution in [3.63, 3.8) is 0 Å². The molecule has 0 saturated heterocycles. The summed E-state index contributed by atoms with van der Waals surface area (Å²) in [7, 11) is 1.62. The van der Waals surface area contributed by atoms with Crippen LogP contribution in [-0.4, -0.2) is 30.9 Å². The Kier molecular flexibility index (Phi) is 4.55. The molecule has 0 fully saturated rings. The minimum absolute atomic E-state index is 0.289. The van der Waals surface area contributed by atoms with E-state index in [1.165, 1.54) is 0 Å². The van der Waals surface area contributed by atoms with Crippen molar-refractivity contribution in [2.24, 2.45) is 11.5 Å². The van der Waals surface area contributed by atoms with Gasteiger partial charge in [0.15, 0.2) is 0 Å². The highest BCUT2D eigenvalue weighted by Crippen LogP contribution is 2.13. The van der Waals surface area contributed by atoms with E-state index in [-0.39, 0.29) is 12.6 Å². The molecule has 84 valence electrons. The van der Waals surface area contributed by atoms with E-state index in [2.05, 4.69) is 0 Å². The van der Waals surface area contributed by atoms with Crippen molar-refractivity contribution in [3.05, 3.63) is 29.8 Å². The Bertz CT molecular complexity index is 287. The van der Waals surface area contributed by atoms with E-state index in [1.54, 1.807) is 7.11 Å². The van der Waals surface area contributed by atoms with Crippen LogP contribution in [0, 0.1) is 0 Å². The van der Waals surface area contributed by atoms with E-state index in [1.807, 2.05) is 24.3 Å². The molecule has 0 aliphatic heterocycles. The zero-order valence-electron chi connectivity index (χ0n) is 8.89. The Morgan fingerprint density at radius 3 is 2.40 bits per heavy atom. The molecule has 0 amide bonds. The van der Waals surface area contributed by atoms with Gasteiger partial charge in [-0.2, -0.15) is 0 Å². The molecule has 1 aromatic rings. The predicted molar refractivity (Wildman–Crippen MR) is 59.7 cm³/mol. The van der Waals surface area contributed by atoms with Crippen LogP contribution in [0.2, 0.25) is 0 Å². The van der Waals surface area contributed by atoms with E-state index in [9.17, 15) is 5.11 Å². The fourth-order valence-electron chi connectivity index (χ4n) is 1.31. The lowest BCUT2D eigenvalue weighted by atomic mass is 10.0. The number of aliphatic hydroxyl groups excluding tert-OH is 1. The molecule has 0 radical (unpaired) electrons. The summed E-state index contributed by atoms with van der Waals surface area (Å²) in [4.78, 5) is 0. The maximum absolute atomic E-state index is 9.66. The van der Waals surface area contributed by atoms with Crippen LogP contribution in [0.4, 0.5) is 0 Å². The summed E-state index contributed by atoms with van der Waals surface area (Å²) in [6.45, 7) is 0.289. The third-order valence-electron chi connectivity index (χ3n) is 2.37. The Morgan fingerprint density at radius 1 is 1.33 bits per heavy atom. The van der Waals surface area contributed by atoms with E-state index < -0.39 is 6.10 Å². The van der Waals surface area contributed by atoms with Gasteiger partial charge in [0.2, 0.25) is 0 Å². The monoisotopic (exact) mass is 210 g/mol. The van der Waals surface area contributed by atoms with Crippen LogP contribution in [0.3, 0.4) is 0 Å². The first-order valence-corrected chi connectivity index (χ1v) is 4.94. The zero-order valence-corrected chi connectivity index (χ0v) is 8.89. The lowest BCUT2D eigenvalue weighted by molar-refractivity contribution is 0.147. The van der Waals surface area contributed by atoms with E-state index in [0.717, 1.165) is 11.3 Å². The van der Waals surface area contributed by atoms with Crippen molar-refractivity contribution in [2.75, 3.05) is 13.7 Å². The number of methoxy groups -OCH3 is 1. The Balaban J connectivity index is 2.57. The number of benzene rings is 1. The third kappa shape index (κ3) is 3.51. The number of aliphatic hydroxyl groups is 1. The molecule has 0 unspecified atom stereocenters. The maximum Gasteiger partial charge on any atom is 0.118 e. The Hall–Kier alpha value is -1.10. The minimum Gasteiger partial charge on any atom is -0.497 e. The van der Waals surface area contributed by atoms with E-state index in [0.29, 0.717) is 6.42 Å². The third-order valence-corrected chi connectivity index (χ3v) is 2.37. The number of hydrogen-bond acceptors (Lipinski definition) is 4. The molecule has 1 rings (SSSR count). The van der Waals surface area contributed by atoms with Crippen LogP contribution < -0.4 is 16.2 Å². The van der Waals surface area contributed by atoms with Gasteiger partial charge in [0.05, 0.1) is 13.2 Å². The average molecular weight is 210 g/mol. The van der Waals surface area contributed by atoms with Crippen molar-refractivity contribution < 1.29 is 9.84 Å². The first-order chi connectivity index (χ1) is 7.17. The van der Waals surface area contributed by atoms with Gasteiger partial charge in [0.1, 0.15) is 5.75 Å². The molecule has 0 spiro atoms. The molecule has 4 nitrogen and oxygen atoms in total. The van der Waals surface area contributed by atoms with Crippen LogP contribution in [0.5, 0.6) is 5.75 Å². The van der Waals surface area contributed by atoms with Gasteiger partial charge in [0.25, 0.3) is 0 Å². The van der Waals surface area contributed by atoms with Crippen molar-refractivity contribution in [3.8, 4) is 5.75 Å². The molecular weight excluding hydrogens is 192 g/mol. The molecule has 0 aliphatic rings. The molecule has 0 heterocycles. The van der Waals surface area contributed by atoms with Crippen LogP contribution in [-0.2, 0) is 6.42 Å². The fourth-order valence-corrected chi connectivity index (χ4v) is 1.31. The quantitative estimate of drug-likeness (QED) is 0.633. The van der Waals surface area contributed by atoms with Crippen LogP contribution in [0.25, 0.3) is 0 Å². The van der Waals surface area contributed by atoms with E-state index in [4.69, 9.17) is 16.2 Å². The van der Waals surface area contributed by atoms with E-state index >= 15 is 0 Å². The largest absolute Gasteiger partial charge is 0.497 e. The van der Waals surface area contributed by atoms with Crippen LogP contribution in [0.1, 0.15) is 5.56 Å². The molecule has 1 aromatic carbocycles. The summed E-state index contributed by atoms with van der Waals surface area (Å²) in [5.41, 5.74) is 12.0. The second kappa shape index (κ2) is 5.70. The van der Waals surface area contributed by atoms with Crippen molar-refractivity contribution >= 4 is 0 Å². The molecule has 0 aromatic heterocycles. The molecule has 0 bridgehead atoms. The topological polar surface area (TPSA) is 81.5 Å². The highest BCUT2D eigenvalue weighted by atomic mass is 16.5. The lowest BCUT2D eigenvalue weighted by Gasteiger charge is -2.16. The highest BCUT2D eigenvalue weighted by Gasteiger charge is 2.13. The van der Waals surface area contributed by atoms with Gasteiger partial charge in [-0.1, -0.05) is 12.1 Å². The first-order valence-electron chi connectivity index (χ1n) is 4.94. The zero-order chi connectivity index (χ0) is 11.3. The number of nitrogens with two attached hydrogens (primary N) is 2.